The molecule has 0 bridgehead atoms. The zero-order valence-corrected chi connectivity index (χ0v) is 21.4. The second-order valence-corrected chi connectivity index (χ2v) is 10.1. The van der Waals surface area contributed by atoms with Gasteiger partial charge in [0.05, 0.1) is 17.0 Å². The summed E-state index contributed by atoms with van der Waals surface area (Å²) >= 11 is 0. The Morgan fingerprint density at radius 3 is 2.56 bits per heavy atom. The number of fused-ring (bicyclic) bond motifs is 1. The highest BCUT2D eigenvalue weighted by Gasteiger charge is 2.22. The van der Waals surface area contributed by atoms with E-state index in [1.165, 1.54) is 31.5 Å². The van der Waals surface area contributed by atoms with Gasteiger partial charge >= 0.3 is 0 Å². The van der Waals surface area contributed by atoms with E-state index < -0.39 is 0 Å². The van der Waals surface area contributed by atoms with Crippen LogP contribution in [0.4, 0.5) is 0 Å². The standard InChI is InChI=1S/C30H36N4O2/c1-33(2)21-27-29(35-22-25-10-6-7-17-31-25)14-12-26-28(32-36-30(26)27)13-11-23-15-18-34(19-16-23)20-24-8-4-3-5-9-24/h3-10,12,14,17,23H,11,13,15-16,18-22H2,1-2H3. The first-order valence-electron chi connectivity index (χ1n) is 13.0. The molecule has 1 aliphatic heterocycles. The Morgan fingerprint density at radius 2 is 1.81 bits per heavy atom. The summed E-state index contributed by atoms with van der Waals surface area (Å²) in [5.74, 6) is 1.57. The second kappa shape index (κ2) is 11.7. The summed E-state index contributed by atoms with van der Waals surface area (Å²) in [5, 5.41) is 5.62. The molecule has 0 unspecified atom stereocenters. The first-order chi connectivity index (χ1) is 17.7. The van der Waals surface area contributed by atoms with Gasteiger partial charge in [0.15, 0.2) is 5.58 Å². The van der Waals surface area contributed by atoms with Crippen molar-refractivity contribution >= 4 is 11.0 Å². The number of hydrogen-bond acceptors (Lipinski definition) is 6. The van der Waals surface area contributed by atoms with Gasteiger partial charge in [-0.3, -0.25) is 9.88 Å². The van der Waals surface area contributed by atoms with Crippen LogP contribution < -0.4 is 4.74 Å². The maximum Gasteiger partial charge on any atom is 0.175 e. The van der Waals surface area contributed by atoms with Crippen molar-refractivity contribution in [1.82, 2.24) is 19.9 Å². The molecule has 1 fully saturated rings. The van der Waals surface area contributed by atoms with Gasteiger partial charge in [-0.05, 0) is 88.6 Å². The van der Waals surface area contributed by atoms with E-state index in [4.69, 9.17) is 9.26 Å². The number of ether oxygens (including phenoxy) is 1. The van der Waals surface area contributed by atoms with Crippen LogP contribution in [0.15, 0.2) is 71.4 Å². The molecule has 1 saturated heterocycles. The first-order valence-corrected chi connectivity index (χ1v) is 13.0. The van der Waals surface area contributed by atoms with Crippen molar-refractivity contribution < 1.29 is 9.26 Å². The van der Waals surface area contributed by atoms with Crippen LogP contribution >= 0.6 is 0 Å². The lowest BCUT2D eigenvalue weighted by Crippen LogP contribution is -2.33. The van der Waals surface area contributed by atoms with Crippen LogP contribution in [-0.2, 0) is 26.1 Å². The predicted molar refractivity (Wildman–Crippen MR) is 143 cm³/mol. The third kappa shape index (κ3) is 6.12. The maximum atomic E-state index is 6.17. The Bertz CT molecular complexity index is 1230. The van der Waals surface area contributed by atoms with E-state index in [9.17, 15) is 0 Å². The van der Waals surface area contributed by atoms with Crippen molar-refractivity contribution in [3.8, 4) is 5.75 Å². The molecule has 4 aromatic rings. The number of piperidine rings is 1. The molecule has 36 heavy (non-hydrogen) atoms. The summed E-state index contributed by atoms with van der Waals surface area (Å²) in [7, 11) is 4.12. The van der Waals surface area contributed by atoms with Crippen LogP contribution in [0.25, 0.3) is 11.0 Å². The number of benzene rings is 2. The fraction of sp³-hybridized carbons (Fsp3) is 0.400. The first kappa shape index (κ1) is 24.5. The average molecular weight is 485 g/mol. The molecular formula is C30H36N4O2. The van der Waals surface area contributed by atoms with Crippen molar-refractivity contribution in [3.63, 3.8) is 0 Å². The van der Waals surface area contributed by atoms with Gasteiger partial charge in [-0.25, -0.2) is 0 Å². The molecule has 0 saturated carbocycles. The maximum absolute atomic E-state index is 6.17. The van der Waals surface area contributed by atoms with Crippen molar-refractivity contribution in [1.29, 1.82) is 0 Å². The van der Waals surface area contributed by atoms with E-state index in [1.54, 1.807) is 6.20 Å². The minimum atomic E-state index is 0.427. The quantitative estimate of drug-likeness (QED) is 0.287. The lowest BCUT2D eigenvalue weighted by Gasteiger charge is -2.31. The molecule has 6 nitrogen and oxygen atoms in total. The minimum Gasteiger partial charge on any atom is -0.487 e. The van der Waals surface area contributed by atoms with E-state index >= 15 is 0 Å². The molecule has 0 atom stereocenters. The molecule has 3 heterocycles. The Labute approximate surface area is 213 Å². The highest BCUT2D eigenvalue weighted by atomic mass is 16.5. The van der Waals surface area contributed by atoms with Gasteiger partial charge in [-0.2, -0.15) is 0 Å². The fourth-order valence-corrected chi connectivity index (χ4v) is 5.12. The van der Waals surface area contributed by atoms with Gasteiger partial charge in [-0.1, -0.05) is 41.6 Å². The molecule has 5 rings (SSSR count). The zero-order chi connectivity index (χ0) is 24.7. The van der Waals surface area contributed by atoms with Crippen LogP contribution in [-0.4, -0.2) is 47.1 Å². The van der Waals surface area contributed by atoms with E-state index in [0.717, 1.165) is 65.5 Å². The highest BCUT2D eigenvalue weighted by Crippen LogP contribution is 2.33. The van der Waals surface area contributed by atoms with E-state index in [1.807, 2.05) is 18.2 Å². The molecule has 188 valence electrons. The molecule has 0 spiro atoms. The number of hydrogen-bond donors (Lipinski definition) is 0. The molecule has 2 aromatic heterocycles. The summed E-state index contributed by atoms with van der Waals surface area (Å²) in [6.45, 7) is 4.55. The van der Waals surface area contributed by atoms with Crippen molar-refractivity contribution in [3.05, 3.63) is 89.4 Å². The molecule has 0 N–H and O–H groups in total. The number of pyridine rings is 1. The monoisotopic (exact) mass is 484 g/mol. The number of aryl methyl sites for hydroxylation is 1. The van der Waals surface area contributed by atoms with Crippen LogP contribution in [0.3, 0.4) is 0 Å². The predicted octanol–water partition coefficient (Wildman–Crippen LogP) is 5.71. The Balaban J connectivity index is 1.21. The minimum absolute atomic E-state index is 0.427. The van der Waals surface area contributed by atoms with Crippen LogP contribution in [0.1, 0.15) is 41.8 Å². The summed E-state index contributed by atoms with van der Waals surface area (Å²) in [6, 6.07) is 20.8. The van der Waals surface area contributed by atoms with E-state index in [0.29, 0.717) is 6.61 Å². The van der Waals surface area contributed by atoms with E-state index in [-0.39, 0.29) is 0 Å². The lowest BCUT2D eigenvalue weighted by molar-refractivity contribution is 0.172. The summed E-state index contributed by atoms with van der Waals surface area (Å²) < 4.78 is 12.1. The molecule has 6 heteroatoms. The van der Waals surface area contributed by atoms with Gasteiger partial charge in [0.2, 0.25) is 0 Å². The summed E-state index contributed by atoms with van der Waals surface area (Å²) in [4.78, 5) is 9.08. The third-order valence-corrected chi connectivity index (χ3v) is 7.10. The molecule has 0 radical (unpaired) electrons. The fourth-order valence-electron chi connectivity index (χ4n) is 5.12. The molecule has 0 amide bonds. The summed E-state index contributed by atoms with van der Waals surface area (Å²) in [6.07, 6.45) is 6.39. The topological polar surface area (TPSA) is 54.6 Å². The van der Waals surface area contributed by atoms with Gasteiger partial charge < -0.3 is 14.2 Å². The Morgan fingerprint density at radius 1 is 1.00 bits per heavy atom. The number of likely N-dealkylation sites (tertiary alicyclic amines) is 1. The highest BCUT2D eigenvalue weighted by molar-refractivity contribution is 5.84. The average Bonchev–Trinajstić information content (AvgIpc) is 3.32. The summed E-state index contributed by atoms with van der Waals surface area (Å²) in [5.41, 5.74) is 5.26. The van der Waals surface area contributed by atoms with E-state index in [2.05, 4.69) is 76.5 Å². The smallest absolute Gasteiger partial charge is 0.175 e. The number of aromatic nitrogens is 2. The molecular weight excluding hydrogens is 448 g/mol. The van der Waals surface area contributed by atoms with Gasteiger partial charge in [-0.15, -0.1) is 0 Å². The van der Waals surface area contributed by atoms with Gasteiger partial charge in [0.25, 0.3) is 0 Å². The Kier molecular flexibility index (Phi) is 7.94. The molecule has 2 aromatic carbocycles. The van der Waals surface area contributed by atoms with Crippen molar-refractivity contribution in [2.45, 2.75) is 45.4 Å². The van der Waals surface area contributed by atoms with Crippen molar-refractivity contribution in [2.75, 3.05) is 27.2 Å². The third-order valence-electron chi connectivity index (χ3n) is 7.10. The van der Waals surface area contributed by atoms with Gasteiger partial charge in [0.1, 0.15) is 12.4 Å². The second-order valence-electron chi connectivity index (χ2n) is 10.1. The zero-order valence-electron chi connectivity index (χ0n) is 21.4. The van der Waals surface area contributed by atoms with Gasteiger partial charge in [0, 0.05) is 24.7 Å². The Hall–Kier alpha value is -3.22. The number of rotatable bonds is 10. The normalized spacial score (nSPS) is 15.1. The van der Waals surface area contributed by atoms with Crippen LogP contribution in [0, 0.1) is 5.92 Å². The molecule has 0 aliphatic carbocycles. The van der Waals surface area contributed by atoms with Crippen LogP contribution in [0.2, 0.25) is 0 Å². The SMILES string of the molecule is CN(C)Cc1c(OCc2ccccn2)ccc2c(CCC3CCN(Cc4ccccc4)CC3)noc12. The largest absolute Gasteiger partial charge is 0.487 e. The van der Waals surface area contributed by atoms with Crippen molar-refractivity contribution in [2.24, 2.45) is 5.92 Å². The van der Waals surface area contributed by atoms with Crippen LogP contribution in [0.5, 0.6) is 5.75 Å². The lowest BCUT2D eigenvalue weighted by atomic mass is 9.91. The molecule has 1 aliphatic rings. The number of nitrogens with zero attached hydrogens (tertiary/aromatic N) is 4.